The van der Waals surface area contributed by atoms with Crippen LogP contribution in [0.1, 0.15) is 24.2 Å². The molecule has 31 heavy (non-hydrogen) atoms. The molecule has 2 aromatic carbocycles. The van der Waals surface area contributed by atoms with Gasteiger partial charge in [0, 0.05) is 25.7 Å². The van der Waals surface area contributed by atoms with Gasteiger partial charge in [-0.15, -0.1) is 0 Å². The van der Waals surface area contributed by atoms with Gasteiger partial charge in [-0.1, -0.05) is 12.1 Å². The zero-order valence-electron chi connectivity index (χ0n) is 16.9. The molecule has 0 saturated carbocycles. The van der Waals surface area contributed by atoms with Crippen LogP contribution >= 0.6 is 0 Å². The molecule has 0 aromatic heterocycles. The molecule has 4 N–H and O–H groups in total. The highest BCUT2D eigenvalue weighted by molar-refractivity contribution is 7.89. The average Bonchev–Trinajstić information content (AvgIpc) is 2.70. The molecule has 0 aliphatic rings. The number of rotatable bonds is 9. The summed E-state index contributed by atoms with van der Waals surface area (Å²) < 4.78 is 40.6. The lowest BCUT2D eigenvalue weighted by molar-refractivity contribution is -0.122. The number of anilines is 1. The first-order valence-corrected chi connectivity index (χ1v) is 10.8. The Hall–Kier alpha value is -3.31. The Kier molecular flexibility index (Phi) is 8.22. The van der Waals surface area contributed by atoms with Crippen LogP contribution in [-0.4, -0.2) is 45.3 Å². The molecule has 0 saturated heterocycles. The van der Waals surface area contributed by atoms with Crippen molar-refractivity contribution in [1.82, 2.24) is 15.4 Å². The molecular weight excluding hydrogens is 427 g/mol. The van der Waals surface area contributed by atoms with Gasteiger partial charge in [0.2, 0.25) is 21.8 Å². The molecule has 0 aliphatic heterocycles. The van der Waals surface area contributed by atoms with E-state index < -0.39 is 33.7 Å². The van der Waals surface area contributed by atoms with Crippen LogP contribution in [-0.2, 0) is 19.6 Å². The number of nitrogens with one attached hydrogen (secondary N) is 4. The summed E-state index contributed by atoms with van der Waals surface area (Å²) in [5, 5.41) is 7.47. The summed E-state index contributed by atoms with van der Waals surface area (Å²) in [7, 11) is -3.97. The topological polar surface area (TPSA) is 133 Å². The molecule has 0 unspecified atom stereocenters. The zero-order chi connectivity index (χ0) is 23.0. The molecule has 0 bridgehead atoms. The summed E-state index contributed by atoms with van der Waals surface area (Å²) in [5.41, 5.74) is 0.328. The van der Waals surface area contributed by atoms with Gasteiger partial charge in [0.25, 0.3) is 5.91 Å². The van der Waals surface area contributed by atoms with Crippen LogP contribution in [0.3, 0.4) is 0 Å². The zero-order valence-corrected chi connectivity index (χ0v) is 17.8. The van der Waals surface area contributed by atoms with Crippen LogP contribution in [0.4, 0.5) is 10.1 Å². The van der Waals surface area contributed by atoms with Crippen LogP contribution in [0.2, 0.25) is 0 Å². The summed E-state index contributed by atoms with van der Waals surface area (Å²) >= 11 is 0. The number of carbonyl (C=O) groups is 3. The lowest BCUT2D eigenvalue weighted by Gasteiger charge is -2.15. The first-order chi connectivity index (χ1) is 14.6. The first-order valence-electron chi connectivity index (χ1n) is 9.30. The molecule has 0 aliphatic carbocycles. The highest BCUT2D eigenvalue weighted by Gasteiger charge is 2.22. The Morgan fingerprint density at radius 1 is 0.968 bits per heavy atom. The maximum Gasteiger partial charge on any atom is 0.254 e. The lowest BCUT2D eigenvalue weighted by atomic mass is 10.2. The molecule has 1 atom stereocenters. The van der Waals surface area contributed by atoms with Crippen molar-refractivity contribution in [2.45, 2.75) is 24.8 Å². The third kappa shape index (κ3) is 7.15. The Bertz CT molecular complexity index is 1060. The van der Waals surface area contributed by atoms with Crippen LogP contribution in [0, 0.1) is 5.82 Å². The number of hydrogen-bond donors (Lipinski definition) is 4. The van der Waals surface area contributed by atoms with Gasteiger partial charge in [-0.25, -0.2) is 12.8 Å². The summed E-state index contributed by atoms with van der Waals surface area (Å²) in [4.78, 5) is 35.0. The number of benzene rings is 2. The second-order valence-corrected chi connectivity index (χ2v) is 8.29. The van der Waals surface area contributed by atoms with Crippen molar-refractivity contribution >= 4 is 33.4 Å². The minimum Gasteiger partial charge on any atom is -0.353 e. The van der Waals surface area contributed by atoms with Crippen LogP contribution in [0.15, 0.2) is 53.4 Å². The highest BCUT2D eigenvalue weighted by Crippen LogP contribution is 2.14. The van der Waals surface area contributed by atoms with E-state index >= 15 is 0 Å². The van der Waals surface area contributed by atoms with Gasteiger partial charge in [0.1, 0.15) is 5.82 Å². The number of hydrogen-bond acceptors (Lipinski definition) is 5. The van der Waals surface area contributed by atoms with Crippen molar-refractivity contribution in [3.8, 4) is 0 Å². The Labute approximate surface area is 179 Å². The highest BCUT2D eigenvalue weighted by atomic mass is 32.2. The van der Waals surface area contributed by atoms with E-state index in [-0.39, 0.29) is 29.5 Å². The maximum atomic E-state index is 13.5. The van der Waals surface area contributed by atoms with Crippen molar-refractivity contribution in [3.05, 3.63) is 59.9 Å². The number of carbonyl (C=O) groups excluding carboxylic acids is 3. The van der Waals surface area contributed by atoms with E-state index in [1.165, 1.54) is 56.3 Å². The van der Waals surface area contributed by atoms with Gasteiger partial charge in [-0.3, -0.25) is 14.4 Å². The van der Waals surface area contributed by atoms with Gasteiger partial charge in [-0.05, 0) is 43.3 Å². The lowest BCUT2D eigenvalue weighted by Crippen LogP contribution is -2.46. The summed E-state index contributed by atoms with van der Waals surface area (Å²) in [6.07, 6.45) is 0. The minimum atomic E-state index is -3.97. The van der Waals surface area contributed by atoms with Crippen LogP contribution < -0.4 is 20.7 Å². The molecule has 0 heterocycles. The Morgan fingerprint density at radius 3 is 2.19 bits per heavy atom. The van der Waals surface area contributed by atoms with Gasteiger partial charge < -0.3 is 16.0 Å². The monoisotopic (exact) mass is 450 g/mol. The van der Waals surface area contributed by atoms with Gasteiger partial charge in [-0.2, -0.15) is 4.72 Å². The Morgan fingerprint density at radius 2 is 1.58 bits per heavy atom. The van der Waals surface area contributed by atoms with Crippen molar-refractivity contribution in [2.24, 2.45) is 0 Å². The number of sulfonamides is 1. The van der Waals surface area contributed by atoms with E-state index in [1.807, 2.05) is 0 Å². The van der Waals surface area contributed by atoms with Crippen molar-refractivity contribution < 1.29 is 27.2 Å². The van der Waals surface area contributed by atoms with Crippen molar-refractivity contribution in [2.75, 3.05) is 18.4 Å². The molecule has 2 rings (SSSR count). The molecule has 11 heteroatoms. The van der Waals surface area contributed by atoms with Gasteiger partial charge in [0.05, 0.1) is 16.5 Å². The van der Waals surface area contributed by atoms with E-state index in [0.29, 0.717) is 5.69 Å². The summed E-state index contributed by atoms with van der Waals surface area (Å²) in [5.74, 6) is -2.16. The van der Waals surface area contributed by atoms with E-state index in [1.54, 1.807) is 0 Å². The molecule has 0 fully saturated rings. The molecule has 0 radical (unpaired) electrons. The SMILES string of the molecule is CC(=O)Nc1ccc(S(=O)(=O)N[C@@H](C)C(=O)NCCNC(=O)c2ccccc2F)cc1. The number of halogens is 1. The van der Waals surface area contributed by atoms with Crippen molar-refractivity contribution in [1.29, 1.82) is 0 Å². The fourth-order valence-corrected chi connectivity index (χ4v) is 3.73. The third-order valence-corrected chi connectivity index (χ3v) is 5.60. The van der Waals surface area contributed by atoms with Crippen LogP contribution in [0.5, 0.6) is 0 Å². The summed E-state index contributed by atoms with van der Waals surface area (Å²) in [6.45, 7) is 2.76. The van der Waals surface area contributed by atoms with E-state index in [2.05, 4.69) is 20.7 Å². The summed E-state index contributed by atoms with van der Waals surface area (Å²) in [6, 6.07) is 9.88. The number of amides is 3. The second-order valence-electron chi connectivity index (χ2n) is 6.58. The largest absolute Gasteiger partial charge is 0.353 e. The minimum absolute atomic E-state index is 0.0243. The first kappa shape index (κ1) is 24.0. The quantitative estimate of drug-likeness (QED) is 0.423. The fourth-order valence-electron chi connectivity index (χ4n) is 2.53. The normalized spacial score (nSPS) is 12.0. The molecule has 3 amide bonds. The maximum absolute atomic E-state index is 13.5. The smallest absolute Gasteiger partial charge is 0.254 e. The Balaban J connectivity index is 1.82. The van der Waals surface area contributed by atoms with Crippen LogP contribution in [0.25, 0.3) is 0 Å². The van der Waals surface area contributed by atoms with Gasteiger partial charge >= 0.3 is 0 Å². The molecule has 9 nitrogen and oxygen atoms in total. The van der Waals surface area contributed by atoms with E-state index in [4.69, 9.17) is 0 Å². The predicted octanol–water partition coefficient (Wildman–Crippen LogP) is 0.997. The molecule has 0 spiro atoms. The molecule has 166 valence electrons. The average molecular weight is 450 g/mol. The van der Waals surface area contributed by atoms with Gasteiger partial charge in [0.15, 0.2) is 0 Å². The second kappa shape index (κ2) is 10.6. The molecule has 2 aromatic rings. The molecular formula is C20H23FN4O5S. The van der Waals surface area contributed by atoms with Crippen molar-refractivity contribution in [3.63, 3.8) is 0 Å². The standard InChI is InChI=1S/C20H23FN4O5S/c1-13(25-31(29,30)16-9-7-15(8-10-16)24-14(2)26)19(27)22-11-12-23-20(28)17-5-3-4-6-18(17)21/h3-10,13,25H,11-12H2,1-2H3,(H,22,27)(H,23,28)(H,24,26)/t13-/m0/s1. The van der Waals surface area contributed by atoms with E-state index in [0.717, 1.165) is 6.07 Å². The van der Waals surface area contributed by atoms with E-state index in [9.17, 15) is 27.2 Å². The fraction of sp³-hybridized carbons (Fsp3) is 0.250. The third-order valence-electron chi connectivity index (χ3n) is 4.04. The predicted molar refractivity (Wildman–Crippen MR) is 112 cm³/mol.